The molecule has 0 aromatic heterocycles. The van der Waals surface area contributed by atoms with Crippen LogP contribution in [-0.4, -0.2) is 34.2 Å². The number of carboxylic acids is 1. The first kappa shape index (κ1) is 14.3. The number of amides is 1. The van der Waals surface area contributed by atoms with Gasteiger partial charge in [-0.1, -0.05) is 12.8 Å². The molecule has 2 aliphatic rings. The molecule has 2 aliphatic carbocycles. The lowest BCUT2D eigenvalue weighted by Crippen LogP contribution is -2.47. The van der Waals surface area contributed by atoms with Crippen molar-refractivity contribution in [1.82, 2.24) is 5.32 Å². The number of hydrogen-bond donors (Lipinski definition) is 3. The molecule has 3 N–H and O–H groups in total. The lowest BCUT2D eigenvalue weighted by molar-refractivity contribution is -0.144. The lowest BCUT2D eigenvalue weighted by atomic mass is 9.81. The summed E-state index contributed by atoms with van der Waals surface area (Å²) in [4.78, 5) is 23.0. The Bertz CT molecular complexity index is 336. The average Bonchev–Trinajstić information content (AvgIpc) is 2.41. The molecule has 2 atom stereocenters. The molecule has 0 aliphatic heterocycles. The van der Waals surface area contributed by atoms with Crippen molar-refractivity contribution in [2.75, 3.05) is 0 Å². The molecular weight excluding hydrogens is 246 g/mol. The quantitative estimate of drug-likeness (QED) is 0.720. The maximum Gasteiger partial charge on any atom is 0.306 e. The highest BCUT2D eigenvalue weighted by Gasteiger charge is 2.32. The number of carbonyl (C=O) groups excluding carboxylic acids is 1. The monoisotopic (exact) mass is 269 g/mol. The Labute approximate surface area is 113 Å². The molecule has 0 aromatic rings. The van der Waals surface area contributed by atoms with Gasteiger partial charge in [0.25, 0.3) is 0 Å². The summed E-state index contributed by atoms with van der Waals surface area (Å²) in [5, 5.41) is 21.7. The molecular formula is C14H23NO4. The van der Waals surface area contributed by atoms with Crippen LogP contribution in [0, 0.1) is 11.8 Å². The van der Waals surface area contributed by atoms with E-state index in [2.05, 4.69) is 5.32 Å². The number of carboxylic acid groups (broad SMARTS) is 1. The van der Waals surface area contributed by atoms with Crippen LogP contribution in [0.3, 0.4) is 0 Å². The minimum Gasteiger partial charge on any atom is -0.481 e. The van der Waals surface area contributed by atoms with Gasteiger partial charge in [-0.05, 0) is 38.5 Å². The fourth-order valence-electron chi connectivity index (χ4n) is 3.18. The van der Waals surface area contributed by atoms with E-state index in [9.17, 15) is 14.7 Å². The fourth-order valence-corrected chi connectivity index (χ4v) is 3.18. The number of aliphatic hydroxyl groups excluding tert-OH is 1. The highest BCUT2D eigenvalue weighted by atomic mass is 16.4. The summed E-state index contributed by atoms with van der Waals surface area (Å²) in [5.41, 5.74) is 0. The summed E-state index contributed by atoms with van der Waals surface area (Å²) in [7, 11) is 0. The molecule has 0 aromatic carbocycles. The van der Waals surface area contributed by atoms with Crippen LogP contribution in [0.2, 0.25) is 0 Å². The third-order valence-electron chi connectivity index (χ3n) is 4.50. The Kier molecular flexibility index (Phi) is 4.80. The zero-order valence-corrected chi connectivity index (χ0v) is 11.2. The van der Waals surface area contributed by atoms with Gasteiger partial charge in [0, 0.05) is 5.92 Å². The molecule has 5 heteroatoms. The van der Waals surface area contributed by atoms with Gasteiger partial charge in [-0.15, -0.1) is 0 Å². The molecule has 2 fully saturated rings. The van der Waals surface area contributed by atoms with Crippen molar-refractivity contribution in [2.45, 2.75) is 63.5 Å². The first-order valence-corrected chi connectivity index (χ1v) is 7.29. The third kappa shape index (κ3) is 3.69. The Balaban J connectivity index is 1.79. The number of aliphatic hydroxyl groups is 1. The van der Waals surface area contributed by atoms with E-state index in [1.807, 2.05) is 0 Å². The van der Waals surface area contributed by atoms with Crippen LogP contribution in [0.5, 0.6) is 0 Å². The second kappa shape index (κ2) is 6.37. The van der Waals surface area contributed by atoms with Gasteiger partial charge in [-0.2, -0.15) is 0 Å². The van der Waals surface area contributed by atoms with Crippen molar-refractivity contribution in [3.8, 4) is 0 Å². The molecule has 2 saturated carbocycles. The van der Waals surface area contributed by atoms with Crippen molar-refractivity contribution in [3.63, 3.8) is 0 Å². The van der Waals surface area contributed by atoms with Gasteiger partial charge in [0.15, 0.2) is 0 Å². The fraction of sp³-hybridized carbons (Fsp3) is 0.857. The molecule has 2 rings (SSSR count). The summed E-state index contributed by atoms with van der Waals surface area (Å²) in [6.07, 6.45) is 5.71. The number of aliphatic carboxylic acids is 1. The molecule has 0 bridgehead atoms. The summed E-state index contributed by atoms with van der Waals surface area (Å²) in [6, 6.07) is -0.113. The molecule has 19 heavy (non-hydrogen) atoms. The number of carbonyl (C=O) groups is 2. The van der Waals surface area contributed by atoms with Crippen molar-refractivity contribution in [2.24, 2.45) is 11.8 Å². The summed E-state index contributed by atoms with van der Waals surface area (Å²) >= 11 is 0. The molecule has 0 heterocycles. The predicted molar refractivity (Wildman–Crippen MR) is 69.5 cm³/mol. The average molecular weight is 269 g/mol. The van der Waals surface area contributed by atoms with E-state index in [1.54, 1.807) is 0 Å². The van der Waals surface area contributed by atoms with Gasteiger partial charge in [-0.25, -0.2) is 0 Å². The third-order valence-corrected chi connectivity index (χ3v) is 4.50. The zero-order chi connectivity index (χ0) is 13.8. The molecule has 108 valence electrons. The standard InChI is InChI=1S/C14H23NO4/c16-12-4-2-1-3-11(12)15-13(17)9-5-7-10(8-6-9)14(18)19/h9-12,16H,1-8H2,(H,15,17)(H,18,19). The Morgan fingerprint density at radius 3 is 2.05 bits per heavy atom. The van der Waals surface area contributed by atoms with E-state index in [4.69, 9.17) is 5.11 Å². The van der Waals surface area contributed by atoms with Crippen molar-refractivity contribution in [3.05, 3.63) is 0 Å². The van der Waals surface area contributed by atoms with Crippen LogP contribution < -0.4 is 5.32 Å². The van der Waals surface area contributed by atoms with E-state index < -0.39 is 12.1 Å². The van der Waals surface area contributed by atoms with E-state index in [0.717, 1.165) is 25.7 Å². The summed E-state index contributed by atoms with van der Waals surface area (Å²) < 4.78 is 0. The maximum atomic E-state index is 12.1. The topological polar surface area (TPSA) is 86.6 Å². The number of hydrogen-bond acceptors (Lipinski definition) is 3. The molecule has 2 unspecified atom stereocenters. The number of nitrogens with one attached hydrogen (secondary N) is 1. The minimum atomic E-state index is -0.749. The Hall–Kier alpha value is -1.10. The highest BCUT2D eigenvalue weighted by Crippen LogP contribution is 2.29. The van der Waals surface area contributed by atoms with Gasteiger partial charge in [-0.3, -0.25) is 9.59 Å². The van der Waals surface area contributed by atoms with Gasteiger partial charge in [0.1, 0.15) is 0 Å². The molecule has 5 nitrogen and oxygen atoms in total. The predicted octanol–water partition coefficient (Wildman–Crippen LogP) is 1.30. The van der Waals surface area contributed by atoms with Crippen molar-refractivity contribution in [1.29, 1.82) is 0 Å². The first-order chi connectivity index (χ1) is 9.08. The summed E-state index contributed by atoms with van der Waals surface area (Å²) in [6.45, 7) is 0. The maximum absolute atomic E-state index is 12.1. The van der Waals surface area contributed by atoms with E-state index >= 15 is 0 Å². The van der Waals surface area contributed by atoms with E-state index in [1.165, 1.54) is 0 Å². The SMILES string of the molecule is O=C(O)C1CCC(C(=O)NC2CCCCC2O)CC1. The van der Waals surface area contributed by atoms with Crippen LogP contribution in [0.1, 0.15) is 51.4 Å². The zero-order valence-electron chi connectivity index (χ0n) is 11.2. The van der Waals surface area contributed by atoms with Gasteiger partial charge in [0.05, 0.1) is 18.1 Å². The second-order valence-corrected chi connectivity index (χ2v) is 5.85. The van der Waals surface area contributed by atoms with E-state index in [0.29, 0.717) is 25.7 Å². The molecule has 1 amide bonds. The van der Waals surface area contributed by atoms with Gasteiger partial charge < -0.3 is 15.5 Å². The van der Waals surface area contributed by atoms with E-state index in [-0.39, 0.29) is 23.8 Å². The van der Waals surface area contributed by atoms with Crippen LogP contribution >= 0.6 is 0 Å². The van der Waals surface area contributed by atoms with Gasteiger partial charge in [0.2, 0.25) is 5.91 Å². The van der Waals surface area contributed by atoms with Crippen molar-refractivity contribution < 1.29 is 19.8 Å². The minimum absolute atomic E-state index is 0.00483. The number of rotatable bonds is 3. The summed E-state index contributed by atoms with van der Waals surface area (Å²) in [5.74, 6) is -1.12. The van der Waals surface area contributed by atoms with Crippen LogP contribution in [0.4, 0.5) is 0 Å². The highest BCUT2D eigenvalue weighted by molar-refractivity contribution is 5.79. The first-order valence-electron chi connectivity index (χ1n) is 7.29. The molecule has 0 spiro atoms. The van der Waals surface area contributed by atoms with Crippen LogP contribution in [0.25, 0.3) is 0 Å². The Morgan fingerprint density at radius 1 is 0.895 bits per heavy atom. The van der Waals surface area contributed by atoms with Gasteiger partial charge >= 0.3 is 5.97 Å². The second-order valence-electron chi connectivity index (χ2n) is 5.85. The van der Waals surface area contributed by atoms with Crippen LogP contribution in [0.15, 0.2) is 0 Å². The molecule has 0 radical (unpaired) electrons. The Morgan fingerprint density at radius 2 is 1.47 bits per heavy atom. The van der Waals surface area contributed by atoms with Crippen LogP contribution in [-0.2, 0) is 9.59 Å². The van der Waals surface area contributed by atoms with Crippen molar-refractivity contribution >= 4 is 11.9 Å². The lowest BCUT2D eigenvalue weighted by Gasteiger charge is -2.31. The normalized spacial score (nSPS) is 35.6. The largest absolute Gasteiger partial charge is 0.481 e. The smallest absolute Gasteiger partial charge is 0.306 e. The molecule has 0 saturated heterocycles.